The maximum absolute atomic E-state index is 13.1. The Morgan fingerprint density at radius 1 is 1.13 bits per heavy atom. The summed E-state index contributed by atoms with van der Waals surface area (Å²) >= 11 is 0. The molecule has 162 valence electrons. The summed E-state index contributed by atoms with van der Waals surface area (Å²) in [6.07, 6.45) is 0.589. The van der Waals surface area contributed by atoms with Gasteiger partial charge in [0.1, 0.15) is 10.6 Å². The number of fused-ring (bicyclic) bond motifs is 1. The Labute approximate surface area is 181 Å². The minimum atomic E-state index is -3.88. The number of rotatable bonds is 6. The van der Waals surface area contributed by atoms with Gasteiger partial charge in [-0.15, -0.1) is 0 Å². The number of nitrogens with one attached hydrogen (secondary N) is 1. The molecule has 3 aromatic rings. The molecule has 0 aromatic heterocycles. The molecule has 0 bridgehead atoms. The number of aliphatic carboxylic acids is 1. The summed E-state index contributed by atoms with van der Waals surface area (Å²) in [4.78, 5) is 13.5. The fourth-order valence-corrected chi connectivity index (χ4v) is 5.26. The van der Waals surface area contributed by atoms with E-state index >= 15 is 0 Å². The van der Waals surface area contributed by atoms with Crippen LogP contribution >= 0.6 is 0 Å². The summed E-state index contributed by atoms with van der Waals surface area (Å²) in [7, 11) is -2.44. The fraction of sp³-hybridized carbons (Fsp3) is 0.261. The number of sulfonamides is 1. The van der Waals surface area contributed by atoms with Crippen LogP contribution in [0.2, 0.25) is 0 Å². The van der Waals surface area contributed by atoms with Crippen molar-refractivity contribution in [2.45, 2.75) is 18.2 Å². The minimum absolute atomic E-state index is 0.0672. The number of aryl methyl sites for hydroxylation is 1. The average molecular weight is 441 g/mol. The Morgan fingerprint density at radius 2 is 1.87 bits per heavy atom. The van der Waals surface area contributed by atoms with Crippen LogP contribution in [0.5, 0.6) is 5.75 Å². The Balaban J connectivity index is 1.73. The molecular formula is C23H24N2O5S. The number of benzene rings is 3. The molecule has 8 heteroatoms. The van der Waals surface area contributed by atoms with Crippen LogP contribution in [-0.2, 0) is 14.8 Å². The van der Waals surface area contributed by atoms with Crippen LogP contribution in [0.1, 0.15) is 12.0 Å². The molecule has 4 rings (SSSR count). The van der Waals surface area contributed by atoms with E-state index in [1.54, 1.807) is 18.2 Å². The number of nitrogens with zero attached hydrogens (tertiary/aromatic N) is 1. The maximum atomic E-state index is 13.1. The normalized spacial score (nSPS) is 16.5. The third kappa shape index (κ3) is 4.03. The van der Waals surface area contributed by atoms with Crippen molar-refractivity contribution in [1.29, 1.82) is 0 Å². The summed E-state index contributed by atoms with van der Waals surface area (Å²) in [5.41, 5.74) is 2.25. The van der Waals surface area contributed by atoms with E-state index in [-0.39, 0.29) is 10.6 Å². The van der Waals surface area contributed by atoms with Gasteiger partial charge in [-0.2, -0.15) is 0 Å². The molecule has 2 N–H and O–H groups in total. The third-order valence-corrected chi connectivity index (χ3v) is 7.04. The van der Waals surface area contributed by atoms with Gasteiger partial charge in [-0.25, -0.2) is 8.42 Å². The first-order valence-corrected chi connectivity index (χ1v) is 11.5. The van der Waals surface area contributed by atoms with E-state index < -0.39 is 21.9 Å². The van der Waals surface area contributed by atoms with Crippen LogP contribution in [0.4, 0.5) is 11.4 Å². The molecule has 1 saturated heterocycles. The number of carbonyl (C=O) groups is 1. The number of carboxylic acid groups (broad SMARTS) is 1. The van der Waals surface area contributed by atoms with Gasteiger partial charge >= 0.3 is 5.97 Å². The van der Waals surface area contributed by atoms with Gasteiger partial charge in [-0.3, -0.25) is 9.52 Å². The van der Waals surface area contributed by atoms with Gasteiger partial charge in [-0.1, -0.05) is 30.3 Å². The molecule has 0 spiro atoms. The van der Waals surface area contributed by atoms with Gasteiger partial charge in [-0.05, 0) is 43.2 Å². The fourth-order valence-electron chi connectivity index (χ4n) is 4.03. The second-order valence-electron chi connectivity index (χ2n) is 7.71. The van der Waals surface area contributed by atoms with Gasteiger partial charge in [0.15, 0.2) is 0 Å². The number of anilines is 2. The van der Waals surface area contributed by atoms with Crippen molar-refractivity contribution in [2.75, 3.05) is 29.8 Å². The smallest absolute Gasteiger partial charge is 0.308 e. The first-order chi connectivity index (χ1) is 14.8. The molecule has 0 saturated carbocycles. The van der Waals surface area contributed by atoms with E-state index in [0.717, 1.165) is 22.0 Å². The van der Waals surface area contributed by atoms with Gasteiger partial charge in [0, 0.05) is 29.5 Å². The lowest BCUT2D eigenvalue weighted by atomic mass is 10.1. The molecule has 1 fully saturated rings. The van der Waals surface area contributed by atoms with E-state index in [1.807, 2.05) is 42.2 Å². The summed E-state index contributed by atoms with van der Waals surface area (Å²) in [5.74, 6) is -0.903. The second-order valence-corrected chi connectivity index (χ2v) is 9.36. The summed E-state index contributed by atoms with van der Waals surface area (Å²) in [6.45, 7) is 2.95. The van der Waals surface area contributed by atoms with Crippen molar-refractivity contribution in [1.82, 2.24) is 0 Å². The first-order valence-electron chi connectivity index (χ1n) is 9.97. The Hall–Kier alpha value is -3.26. The van der Waals surface area contributed by atoms with Crippen molar-refractivity contribution in [3.05, 3.63) is 60.2 Å². The number of hydrogen-bond donors (Lipinski definition) is 2. The number of methoxy groups -OCH3 is 1. The molecule has 31 heavy (non-hydrogen) atoms. The van der Waals surface area contributed by atoms with Crippen molar-refractivity contribution < 1.29 is 23.1 Å². The van der Waals surface area contributed by atoms with Crippen LogP contribution in [0.3, 0.4) is 0 Å². The highest BCUT2D eigenvalue weighted by atomic mass is 32.2. The molecule has 0 amide bonds. The molecule has 0 aliphatic carbocycles. The zero-order chi connectivity index (χ0) is 22.2. The summed E-state index contributed by atoms with van der Waals surface area (Å²) in [5, 5.41) is 10.9. The lowest BCUT2D eigenvalue weighted by molar-refractivity contribution is -0.140. The number of carboxylic acids is 1. The quantitative estimate of drug-likeness (QED) is 0.604. The molecule has 7 nitrogen and oxygen atoms in total. The average Bonchev–Trinajstić information content (AvgIpc) is 3.24. The molecule has 1 heterocycles. The van der Waals surface area contributed by atoms with Crippen molar-refractivity contribution in [3.63, 3.8) is 0 Å². The largest absolute Gasteiger partial charge is 0.495 e. The zero-order valence-corrected chi connectivity index (χ0v) is 18.1. The first kappa shape index (κ1) is 21.0. The van der Waals surface area contributed by atoms with Crippen LogP contribution in [0.25, 0.3) is 10.8 Å². The van der Waals surface area contributed by atoms with E-state index in [2.05, 4.69) is 4.72 Å². The molecule has 1 aliphatic rings. The summed E-state index contributed by atoms with van der Waals surface area (Å²) in [6, 6.07) is 16.0. The molecule has 1 atom stereocenters. The Morgan fingerprint density at radius 3 is 2.55 bits per heavy atom. The number of ether oxygens (including phenoxy) is 1. The lowest BCUT2D eigenvalue weighted by Gasteiger charge is -2.22. The molecule has 3 aromatic carbocycles. The minimum Gasteiger partial charge on any atom is -0.495 e. The van der Waals surface area contributed by atoms with Gasteiger partial charge in [0.2, 0.25) is 0 Å². The van der Waals surface area contributed by atoms with Gasteiger partial charge < -0.3 is 14.7 Å². The van der Waals surface area contributed by atoms with Crippen molar-refractivity contribution in [3.8, 4) is 5.75 Å². The van der Waals surface area contributed by atoms with Crippen molar-refractivity contribution in [2.24, 2.45) is 5.92 Å². The SMILES string of the molecule is COc1cc(C)ccc1S(=O)(=O)Nc1ccc(N2CCC(C(=O)O)C2)c2ccccc12. The molecule has 0 radical (unpaired) electrons. The number of hydrogen-bond acceptors (Lipinski definition) is 5. The van der Waals surface area contributed by atoms with Crippen LogP contribution in [-0.4, -0.2) is 39.7 Å². The molecule has 1 unspecified atom stereocenters. The summed E-state index contributed by atoms with van der Waals surface area (Å²) < 4.78 is 34.2. The monoisotopic (exact) mass is 440 g/mol. The van der Waals surface area contributed by atoms with E-state index in [1.165, 1.54) is 13.2 Å². The highest BCUT2D eigenvalue weighted by Gasteiger charge is 2.29. The van der Waals surface area contributed by atoms with Gasteiger partial charge in [0.05, 0.1) is 18.7 Å². The van der Waals surface area contributed by atoms with Crippen LogP contribution < -0.4 is 14.4 Å². The van der Waals surface area contributed by atoms with Crippen LogP contribution in [0, 0.1) is 12.8 Å². The lowest BCUT2D eigenvalue weighted by Crippen LogP contribution is -2.23. The van der Waals surface area contributed by atoms with Gasteiger partial charge in [0.25, 0.3) is 10.0 Å². The predicted octanol–water partition coefficient (Wildman–Crippen LogP) is 3.87. The Kier molecular flexibility index (Phi) is 5.49. The highest BCUT2D eigenvalue weighted by molar-refractivity contribution is 7.92. The Bertz CT molecular complexity index is 1260. The van der Waals surface area contributed by atoms with E-state index in [0.29, 0.717) is 25.2 Å². The molecule has 1 aliphatic heterocycles. The predicted molar refractivity (Wildman–Crippen MR) is 120 cm³/mol. The standard InChI is InChI=1S/C23H24N2O5S/c1-15-7-10-22(21(13-15)30-2)31(28,29)24-19-8-9-20(18-6-4-3-5-17(18)19)25-12-11-16(14-25)23(26)27/h3-10,13,16,24H,11-12,14H2,1-2H3,(H,26,27). The maximum Gasteiger partial charge on any atom is 0.308 e. The third-order valence-electron chi connectivity index (χ3n) is 5.63. The molecular weight excluding hydrogens is 416 g/mol. The van der Waals surface area contributed by atoms with Crippen LogP contribution in [0.15, 0.2) is 59.5 Å². The highest BCUT2D eigenvalue weighted by Crippen LogP contribution is 2.36. The topological polar surface area (TPSA) is 95.9 Å². The second kappa shape index (κ2) is 8.11. The van der Waals surface area contributed by atoms with E-state index in [9.17, 15) is 18.3 Å². The van der Waals surface area contributed by atoms with E-state index in [4.69, 9.17) is 4.74 Å². The van der Waals surface area contributed by atoms with Crippen molar-refractivity contribution >= 4 is 38.1 Å². The zero-order valence-electron chi connectivity index (χ0n) is 17.3.